The molecule has 1 unspecified atom stereocenters. The Bertz CT molecular complexity index is 515. The molecule has 0 aliphatic carbocycles. The zero-order chi connectivity index (χ0) is 15.2. The van der Waals surface area contributed by atoms with Gasteiger partial charge in [-0.15, -0.1) is 11.3 Å². The average Bonchev–Trinajstić information content (AvgIpc) is 2.98. The van der Waals surface area contributed by atoms with Gasteiger partial charge in [0.05, 0.1) is 17.8 Å². The van der Waals surface area contributed by atoms with Crippen molar-refractivity contribution in [2.75, 3.05) is 13.1 Å². The van der Waals surface area contributed by atoms with E-state index in [1.165, 1.54) is 11.3 Å². The number of hydrogen-bond acceptors (Lipinski definition) is 4. The molecule has 7 heteroatoms. The second-order valence-corrected chi connectivity index (χ2v) is 5.94. The van der Waals surface area contributed by atoms with Crippen molar-refractivity contribution >= 4 is 29.1 Å². The van der Waals surface area contributed by atoms with Gasteiger partial charge in [-0.3, -0.25) is 14.4 Å². The van der Waals surface area contributed by atoms with Crippen LogP contribution in [0.25, 0.3) is 0 Å². The van der Waals surface area contributed by atoms with Gasteiger partial charge >= 0.3 is 5.97 Å². The number of carbonyl (C=O) groups is 3. The predicted octanol–water partition coefficient (Wildman–Crippen LogP) is 1.33. The fourth-order valence-electron chi connectivity index (χ4n) is 2.49. The molecule has 1 aromatic heterocycles. The van der Waals surface area contributed by atoms with Gasteiger partial charge < -0.3 is 15.3 Å². The Kier molecular flexibility index (Phi) is 5.32. The van der Waals surface area contributed by atoms with Crippen LogP contribution >= 0.6 is 11.3 Å². The molecule has 1 fully saturated rings. The summed E-state index contributed by atoms with van der Waals surface area (Å²) in [6, 6.07) is 3.20. The SMILES string of the molecule is O=C(O)CC1CCCCN1C(=O)CNC(=O)c1cccs1. The molecule has 0 radical (unpaired) electrons. The molecule has 114 valence electrons. The molecule has 0 bridgehead atoms. The van der Waals surface area contributed by atoms with Crippen LogP contribution in [0.2, 0.25) is 0 Å². The summed E-state index contributed by atoms with van der Waals surface area (Å²) in [6.45, 7) is 0.471. The van der Waals surface area contributed by atoms with Gasteiger partial charge in [0.2, 0.25) is 5.91 Å². The van der Waals surface area contributed by atoms with Crippen molar-refractivity contribution in [2.24, 2.45) is 0 Å². The fourth-order valence-corrected chi connectivity index (χ4v) is 3.14. The molecule has 6 nitrogen and oxygen atoms in total. The van der Waals surface area contributed by atoms with Crippen molar-refractivity contribution in [3.05, 3.63) is 22.4 Å². The Morgan fingerprint density at radius 2 is 2.19 bits per heavy atom. The molecular weight excluding hydrogens is 292 g/mol. The number of piperidine rings is 1. The van der Waals surface area contributed by atoms with Crippen LogP contribution in [0.3, 0.4) is 0 Å². The highest BCUT2D eigenvalue weighted by Crippen LogP contribution is 2.19. The van der Waals surface area contributed by atoms with E-state index in [4.69, 9.17) is 5.11 Å². The number of hydrogen-bond donors (Lipinski definition) is 2. The number of carboxylic acids is 1. The number of thiophene rings is 1. The van der Waals surface area contributed by atoms with Crippen LogP contribution in [-0.2, 0) is 9.59 Å². The first-order valence-corrected chi connectivity index (χ1v) is 7.79. The topological polar surface area (TPSA) is 86.7 Å². The minimum absolute atomic E-state index is 0.0371. The third kappa shape index (κ3) is 4.29. The van der Waals surface area contributed by atoms with E-state index >= 15 is 0 Å². The van der Waals surface area contributed by atoms with E-state index in [1.807, 2.05) is 0 Å². The third-order valence-electron chi connectivity index (χ3n) is 3.50. The van der Waals surface area contributed by atoms with Crippen LogP contribution in [0.5, 0.6) is 0 Å². The largest absolute Gasteiger partial charge is 0.481 e. The molecule has 2 rings (SSSR count). The summed E-state index contributed by atoms with van der Waals surface area (Å²) in [4.78, 5) is 37.0. The number of carboxylic acid groups (broad SMARTS) is 1. The molecule has 1 aliphatic heterocycles. The molecule has 2 N–H and O–H groups in total. The van der Waals surface area contributed by atoms with Crippen LogP contribution in [0.1, 0.15) is 35.4 Å². The normalized spacial score (nSPS) is 18.3. The van der Waals surface area contributed by atoms with Gasteiger partial charge in [0.1, 0.15) is 0 Å². The number of amides is 2. The molecule has 0 aromatic carbocycles. The monoisotopic (exact) mass is 310 g/mol. The van der Waals surface area contributed by atoms with Crippen molar-refractivity contribution in [3.63, 3.8) is 0 Å². The summed E-state index contributed by atoms with van der Waals surface area (Å²) in [5.41, 5.74) is 0. The second kappa shape index (κ2) is 7.21. The van der Waals surface area contributed by atoms with E-state index in [9.17, 15) is 14.4 Å². The summed E-state index contributed by atoms with van der Waals surface area (Å²) in [5.74, 6) is -1.39. The standard InChI is InChI=1S/C14H18N2O4S/c17-12(9-15-14(20)11-5-3-7-21-11)16-6-2-1-4-10(16)8-13(18)19/h3,5,7,10H,1-2,4,6,8-9H2,(H,15,20)(H,18,19). The van der Waals surface area contributed by atoms with Crippen LogP contribution in [0, 0.1) is 0 Å². The van der Waals surface area contributed by atoms with E-state index in [1.54, 1.807) is 22.4 Å². The predicted molar refractivity (Wildman–Crippen MR) is 78.3 cm³/mol. The van der Waals surface area contributed by atoms with E-state index in [-0.39, 0.29) is 30.8 Å². The van der Waals surface area contributed by atoms with Crippen molar-refractivity contribution in [3.8, 4) is 0 Å². The molecule has 2 amide bonds. The van der Waals surface area contributed by atoms with Gasteiger partial charge in [0.25, 0.3) is 5.91 Å². The molecule has 1 atom stereocenters. The third-order valence-corrected chi connectivity index (χ3v) is 4.37. The van der Waals surface area contributed by atoms with E-state index in [2.05, 4.69) is 5.32 Å². The number of nitrogens with one attached hydrogen (secondary N) is 1. The van der Waals surface area contributed by atoms with E-state index in [0.717, 1.165) is 12.8 Å². The molecule has 1 aliphatic rings. The summed E-state index contributed by atoms with van der Waals surface area (Å²) in [5, 5.41) is 13.3. The second-order valence-electron chi connectivity index (χ2n) is 4.99. The van der Waals surface area contributed by atoms with Gasteiger partial charge in [-0.05, 0) is 30.7 Å². The van der Waals surface area contributed by atoms with Gasteiger partial charge in [-0.25, -0.2) is 0 Å². The van der Waals surface area contributed by atoms with Gasteiger partial charge in [-0.1, -0.05) is 6.07 Å². The molecule has 1 aromatic rings. The number of carbonyl (C=O) groups excluding carboxylic acids is 2. The van der Waals surface area contributed by atoms with Crippen LogP contribution in [0.4, 0.5) is 0 Å². The molecule has 0 saturated carbocycles. The maximum absolute atomic E-state index is 12.2. The number of aliphatic carboxylic acids is 1. The Hall–Kier alpha value is -1.89. The lowest BCUT2D eigenvalue weighted by Crippen LogP contribution is -2.48. The highest BCUT2D eigenvalue weighted by atomic mass is 32.1. The lowest BCUT2D eigenvalue weighted by Gasteiger charge is -2.35. The van der Waals surface area contributed by atoms with Crippen LogP contribution < -0.4 is 5.32 Å². The lowest BCUT2D eigenvalue weighted by atomic mass is 9.99. The molecule has 0 spiro atoms. The Morgan fingerprint density at radius 1 is 1.38 bits per heavy atom. The van der Waals surface area contributed by atoms with Gasteiger partial charge in [-0.2, -0.15) is 0 Å². The zero-order valence-corrected chi connectivity index (χ0v) is 12.4. The maximum atomic E-state index is 12.2. The lowest BCUT2D eigenvalue weighted by molar-refractivity contribution is -0.141. The number of nitrogens with zero attached hydrogens (tertiary/aromatic N) is 1. The molecule has 2 heterocycles. The molecule has 1 saturated heterocycles. The van der Waals surface area contributed by atoms with Gasteiger partial charge in [0.15, 0.2) is 0 Å². The highest BCUT2D eigenvalue weighted by molar-refractivity contribution is 7.12. The first-order chi connectivity index (χ1) is 10.1. The smallest absolute Gasteiger partial charge is 0.305 e. The van der Waals surface area contributed by atoms with Crippen molar-refractivity contribution in [2.45, 2.75) is 31.7 Å². The first-order valence-electron chi connectivity index (χ1n) is 6.91. The number of likely N-dealkylation sites (tertiary alicyclic amines) is 1. The Balaban J connectivity index is 1.88. The Labute approximate surface area is 126 Å². The summed E-state index contributed by atoms with van der Waals surface area (Å²) < 4.78 is 0. The quantitative estimate of drug-likeness (QED) is 0.859. The minimum atomic E-state index is -0.901. The zero-order valence-electron chi connectivity index (χ0n) is 11.6. The van der Waals surface area contributed by atoms with Crippen molar-refractivity contribution in [1.29, 1.82) is 0 Å². The minimum Gasteiger partial charge on any atom is -0.481 e. The molecular formula is C14H18N2O4S. The van der Waals surface area contributed by atoms with Crippen molar-refractivity contribution < 1.29 is 19.5 Å². The van der Waals surface area contributed by atoms with Gasteiger partial charge in [0, 0.05) is 12.6 Å². The van der Waals surface area contributed by atoms with E-state index < -0.39 is 5.97 Å². The van der Waals surface area contributed by atoms with Crippen LogP contribution in [-0.4, -0.2) is 46.9 Å². The average molecular weight is 310 g/mol. The number of rotatable bonds is 5. The summed E-state index contributed by atoms with van der Waals surface area (Å²) in [6.07, 6.45) is 2.48. The van der Waals surface area contributed by atoms with Crippen LogP contribution in [0.15, 0.2) is 17.5 Å². The van der Waals surface area contributed by atoms with Crippen molar-refractivity contribution in [1.82, 2.24) is 10.2 Å². The maximum Gasteiger partial charge on any atom is 0.305 e. The van der Waals surface area contributed by atoms with E-state index in [0.29, 0.717) is 17.8 Å². The molecule has 21 heavy (non-hydrogen) atoms. The highest BCUT2D eigenvalue weighted by Gasteiger charge is 2.28. The summed E-state index contributed by atoms with van der Waals surface area (Å²) in [7, 11) is 0. The fraction of sp³-hybridized carbons (Fsp3) is 0.500. The Morgan fingerprint density at radius 3 is 2.86 bits per heavy atom. The summed E-state index contributed by atoms with van der Waals surface area (Å²) >= 11 is 1.31. The first kappa shape index (κ1) is 15.5.